The average Bonchev–Trinajstić information content (AvgIpc) is 2.68. The predicted molar refractivity (Wildman–Crippen MR) is 84.4 cm³/mol. The first-order valence-corrected chi connectivity index (χ1v) is 8.66. The van der Waals surface area contributed by atoms with E-state index in [4.69, 9.17) is 28.9 Å². The SMILES string of the molecule is CCn1nc(C)c(Cl)c1CS(=O)(=O)c1cc(N)ccc1Cl. The molecule has 1 aromatic carbocycles. The number of hydrogen-bond donors (Lipinski definition) is 1. The van der Waals surface area contributed by atoms with E-state index >= 15 is 0 Å². The van der Waals surface area contributed by atoms with Crippen LogP contribution in [0.15, 0.2) is 23.1 Å². The predicted octanol–water partition coefficient (Wildman–Crippen LogP) is 3.07. The lowest BCUT2D eigenvalue weighted by Gasteiger charge is -2.09. The van der Waals surface area contributed by atoms with E-state index < -0.39 is 9.84 Å². The fourth-order valence-electron chi connectivity index (χ4n) is 2.02. The molecule has 5 nitrogen and oxygen atoms in total. The fourth-order valence-corrected chi connectivity index (χ4v) is 4.26. The second kappa shape index (κ2) is 5.87. The van der Waals surface area contributed by atoms with Crippen LogP contribution in [0, 0.1) is 6.92 Å². The Bertz CT molecular complexity index is 785. The number of sulfone groups is 1. The number of aryl methyl sites for hydroxylation is 2. The van der Waals surface area contributed by atoms with Crippen molar-refractivity contribution in [2.24, 2.45) is 0 Å². The van der Waals surface area contributed by atoms with Gasteiger partial charge in [-0.05, 0) is 32.0 Å². The van der Waals surface area contributed by atoms with Crippen LogP contribution in [0.4, 0.5) is 5.69 Å². The van der Waals surface area contributed by atoms with Crippen LogP contribution in [0.1, 0.15) is 18.3 Å². The van der Waals surface area contributed by atoms with Gasteiger partial charge in [0.1, 0.15) is 0 Å². The highest BCUT2D eigenvalue weighted by Crippen LogP contribution is 2.29. The van der Waals surface area contributed by atoms with Crippen molar-refractivity contribution >= 4 is 38.7 Å². The molecule has 0 amide bonds. The molecule has 2 rings (SSSR count). The summed E-state index contributed by atoms with van der Waals surface area (Å²) in [5, 5.41) is 4.71. The zero-order chi connectivity index (χ0) is 15.8. The van der Waals surface area contributed by atoms with E-state index in [1.807, 2.05) is 6.92 Å². The van der Waals surface area contributed by atoms with Gasteiger partial charge in [-0.1, -0.05) is 23.2 Å². The van der Waals surface area contributed by atoms with Gasteiger partial charge in [-0.3, -0.25) is 4.68 Å². The maximum Gasteiger partial charge on any atom is 0.185 e. The zero-order valence-corrected chi connectivity index (χ0v) is 13.9. The van der Waals surface area contributed by atoms with Gasteiger partial charge >= 0.3 is 0 Å². The summed E-state index contributed by atoms with van der Waals surface area (Å²) >= 11 is 12.1. The van der Waals surface area contributed by atoms with Gasteiger partial charge < -0.3 is 5.73 Å². The number of halogens is 2. The monoisotopic (exact) mass is 347 g/mol. The Hall–Kier alpha value is -1.24. The minimum absolute atomic E-state index is 0.00161. The third-order valence-corrected chi connectivity index (χ3v) is 5.66. The van der Waals surface area contributed by atoms with Crippen LogP contribution in [0.5, 0.6) is 0 Å². The van der Waals surface area contributed by atoms with Crippen molar-refractivity contribution in [3.05, 3.63) is 39.6 Å². The molecule has 2 N–H and O–H groups in total. The Morgan fingerprint density at radius 3 is 2.62 bits per heavy atom. The summed E-state index contributed by atoms with van der Waals surface area (Å²) in [6.45, 7) is 4.13. The highest BCUT2D eigenvalue weighted by Gasteiger charge is 2.24. The van der Waals surface area contributed by atoms with Crippen molar-refractivity contribution in [3.63, 3.8) is 0 Å². The van der Waals surface area contributed by atoms with Crippen LogP contribution in [0.3, 0.4) is 0 Å². The molecule has 21 heavy (non-hydrogen) atoms. The lowest BCUT2D eigenvalue weighted by molar-refractivity contribution is 0.585. The standard InChI is InChI=1S/C13H15Cl2N3O2S/c1-3-18-11(13(15)8(2)17-18)7-21(19,20)12-6-9(16)4-5-10(12)14/h4-6H,3,7,16H2,1-2H3. The van der Waals surface area contributed by atoms with Crippen molar-refractivity contribution in [3.8, 4) is 0 Å². The average molecular weight is 348 g/mol. The van der Waals surface area contributed by atoms with E-state index in [1.165, 1.54) is 12.1 Å². The number of nitrogens with two attached hydrogens (primary N) is 1. The lowest BCUT2D eigenvalue weighted by Crippen LogP contribution is -2.11. The van der Waals surface area contributed by atoms with Gasteiger partial charge in [0.2, 0.25) is 0 Å². The van der Waals surface area contributed by atoms with Gasteiger partial charge in [0.05, 0.1) is 32.1 Å². The van der Waals surface area contributed by atoms with Crippen LogP contribution in [0.2, 0.25) is 10.0 Å². The van der Waals surface area contributed by atoms with Gasteiger partial charge in [-0.2, -0.15) is 5.10 Å². The Labute approximate surface area is 133 Å². The van der Waals surface area contributed by atoms with E-state index in [2.05, 4.69) is 5.10 Å². The summed E-state index contributed by atoms with van der Waals surface area (Å²) in [7, 11) is -3.67. The number of nitrogens with zero attached hydrogens (tertiary/aromatic N) is 2. The molecule has 1 aromatic heterocycles. The summed E-state index contributed by atoms with van der Waals surface area (Å²) in [5.41, 5.74) is 7.03. The quantitative estimate of drug-likeness (QED) is 0.862. The van der Waals surface area contributed by atoms with Crippen LogP contribution >= 0.6 is 23.2 Å². The molecule has 0 unspecified atom stereocenters. The van der Waals surface area contributed by atoms with E-state index in [0.29, 0.717) is 28.6 Å². The molecule has 2 aromatic rings. The largest absolute Gasteiger partial charge is 0.399 e. The topological polar surface area (TPSA) is 78.0 Å². The highest BCUT2D eigenvalue weighted by molar-refractivity contribution is 7.90. The van der Waals surface area contributed by atoms with Crippen molar-refractivity contribution in [1.29, 1.82) is 0 Å². The Balaban J connectivity index is 2.50. The Morgan fingerprint density at radius 1 is 1.33 bits per heavy atom. The lowest BCUT2D eigenvalue weighted by atomic mass is 10.3. The molecule has 0 radical (unpaired) electrons. The smallest absolute Gasteiger partial charge is 0.185 e. The minimum Gasteiger partial charge on any atom is -0.399 e. The third kappa shape index (κ3) is 3.17. The van der Waals surface area contributed by atoms with Crippen molar-refractivity contribution < 1.29 is 8.42 Å². The van der Waals surface area contributed by atoms with Crippen molar-refractivity contribution in [2.75, 3.05) is 5.73 Å². The molecule has 0 atom stereocenters. The van der Waals surface area contributed by atoms with Gasteiger partial charge in [0, 0.05) is 12.2 Å². The molecule has 0 aliphatic rings. The molecule has 1 heterocycles. The summed E-state index contributed by atoms with van der Waals surface area (Å²) in [6, 6.07) is 4.37. The van der Waals surface area contributed by atoms with Gasteiger partial charge in [-0.15, -0.1) is 0 Å². The molecule has 0 saturated carbocycles. The molecule has 0 aliphatic carbocycles. The second-order valence-electron chi connectivity index (χ2n) is 4.61. The third-order valence-electron chi connectivity index (χ3n) is 3.07. The number of benzene rings is 1. The Kier molecular flexibility index (Phi) is 4.51. The molecular formula is C13H15Cl2N3O2S. The molecule has 8 heteroatoms. The van der Waals surface area contributed by atoms with Crippen LogP contribution in [0.25, 0.3) is 0 Å². The number of rotatable bonds is 4. The molecule has 0 fully saturated rings. The molecule has 114 valence electrons. The number of anilines is 1. The Morgan fingerprint density at radius 2 is 2.00 bits per heavy atom. The first-order valence-electron chi connectivity index (χ1n) is 6.25. The molecule has 0 aliphatic heterocycles. The number of nitrogen functional groups attached to an aromatic ring is 1. The molecule has 0 bridgehead atoms. The maximum atomic E-state index is 12.6. The van der Waals surface area contributed by atoms with Crippen LogP contribution in [-0.2, 0) is 22.1 Å². The van der Waals surface area contributed by atoms with Crippen molar-refractivity contribution in [1.82, 2.24) is 9.78 Å². The molecule has 0 saturated heterocycles. The minimum atomic E-state index is -3.67. The van der Waals surface area contributed by atoms with Crippen molar-refractivity contribution in [2.45, 2.75) is 31.0 Å². The summed E-state index contributed by atoms with van der Waals surface area (Å²) in [5.74, 6) is -0.274. The molecular weight excluding hydrogens is 333 g/mol. The van der Waals surface area contributed by atoms with E-state index in [1.54, 1.807) is 17.7 Å². The van der Waals surface area contributed by atoms with Gasteiger partial charge in [0.15, 0.2) is 9.84 Å². The highest BCUT2D eigenvalue weighted by atomic mass is 35.5. The van der Waals surface area contributed by atoms with Crippen LogP contribution in [-0.4, -0.2) is 18.2 Å². The fraction of sp³-hybridized carbons (Fsp3) is 0.308. The first-order chi connectivity index (χ1) is 9.76. The summed E-state index contributed by atoms with van der Waals surface area (Å²) in [4.78, 5) is 0.00161. The normalized spacial score (nSPS) is 11.8. The van der Waals surface area contributed by atoms with E-state index in [0.717, 1.165) is 0 Å². The maximum absolute atomic E-state index is 12.6. The summed E-state index contributed by atoms with van der Waals surface area (Å²) in [6.07, 6.45) is 0. The summed E-state index contributed by atoms with van der Waals surface area (Å²) < 4.78 is 26.7. The van der Waals surface area contributed by atoms with E-state index in [9.17, 15) is 8.42 Å². The molecule has 0 spiro atoms. The number of hydrogen-bond acceptors (Lipinski definition) is 4. The zero-order valence-electron chi connectivity index (χ0n) is 11.6. The van der Waals surface area contributed by atoms with Gasteiger partial charge in [0.25, 0.3) is 0 Å². The number of aromatic nitrogens is 2. The van der Waals surface area contributed by atoms with Crippen LogP contribution < -0.4 is 5.73 Å². The van der Waals surface area contributed by atoms with E-state index in [-0.39, 0.29) is 15.7 Å². The first kappa shape index (κ1) is 16.1. The van der Waals surface area contributed by atoms with Gasteiger partial charge in [-0.25, -0.2) is 8.42 Å². The second-order valence-corrected chi connectivity index (χ2v) is 7.35.